The van der Waals surface area contributed by atoms with E-state index in [1.807, 2.05) is 31.2 Å². The molecule has 0 saturated carbocycles. The van der Waals surface area contributed by atoms with Crippen LogP contribution >= 0.6 is 11.6 Å². The molecule has 0 heterocycles. The van der Waals surface area contributed by atoms with E-state index < -0.39 is 9.93 Å². The van der Waals surface area contributed by atoms with Gasteiger partial charge in [-0.05, 0) is 25.3 Å². The summed E-state index contributed by atoms with van der Waals surface area (Å²) in [6.07, 6.45) is 1.71. The van der Waals surface area contributed by atoms with E-state index in [9.17, 15) is 4.21 Å². The van der Waals surface area contributed by atoms with Gasteiger partial charge in [-0.1, -0.05) is 27.6 Å². The lowest BCUT2D eigenvalue weighted by atomic mass is 10.2. The van der Waals surface area contributed by atoms with E-state index in [-0.39, 0.29) is 5.21 Å². The van der Waals surface area contributed by atoms with E-state index in [1.165, 1.54) is 5.56 Å². The van der Waals surface area contributed by atoms with Gasteiger partial charge in [-0.15, -0.1) is 11.6 Å². The van der Waals surface area contributed by atoms with Crippen LogP contribution in [0.4, 0.5) is 0 Å². The predicted octanol–water partition coefficient (Wildman–Crippen LogP) is 2.20. The van der Waals surface area contributed by atoms with E-state index in [2.05, 4.69) is 0 Å². The van der Waals surface area contributed by atoms with E-state index >= 15 is 0 Å². The number of halogens is 1. The van der Waals surface area contributed by atoms with Crippen molar-refractivity contribution in [3.8, 4) is 0 Å². The van der Waals surface area contributed by atoms with Crippen molar-refractivity contribution < 1.29 is 4.21 Å². The highest BCUT2D eigenvalue weighted by molar-refractivity contribution is 8.03. The number of alkyl halides is 1. The van der Waals surface area contributed by atoms with E-state index in [0.29, 0.717) is 0 Å². The van der Waals surface area contributed by atoms with Crippen LogP contribution in [0.2, 0.25) is 0 Å². The summed E-state index contributed by atoms with van der Waals surface area (Å²) < 4.78 is 11.8. The highest BCUT2D eigenvalue weighted by Crippen LogP contribution is 2.17. The van der Waals surface area contributed by atoms with Gasteiger partial charge in [0.15, 0.2) is 0 Å². The highest BCUT2D eigenvalue weighted by Gasteiger charge is 2.08. The van der Waals surface area contributed by atoms with Crippen LogP contribution in [0.15, 0.2) is 29.2 Å². The fourth-order valence-electron chi connectivity index (χ4n) is 0.929. The number of thiol groups is 1. The SMILES string of the molecule is Cc1ccc([SH](C)(=O)CCl)cc1. The first kappa shape index (κ1) is 9.75. The molecule has 1 nitrogen and oxygen atoms in total. The number of rotatable bonds is 2. The average Bonchev–Trinajstić information content (AvgIpc) is 2.05. The normalized spacial score (nSPS) is 12.9. The third kappa shape index (κ3) is 2.08. The first-order chi connectivity index (χ1) is 5.56. The zero-order valence-electron chi connectivity index (χ0n) is 7.25. The molecule has 0 aliphatic rings. The Bertz CT molecular complexity index is 305. The van der Waals surface area contributed by atoms with E-state index in [0.717, 1.165) is 4.90 Å². The van der Waals surface area contributed by atoms with Crippen LogP contribution in [-0.4, -0.2) is 15.7 Å². The standard InChI is InChI=1S/C9H13ClOS/c1-8-3-5-9(6-4-8)12(2,11)7-10/h3-6,12H,7H2,1-2H3. The fraction of sp³-hybridized carbons (Fsp3) is 0.333. The summed E-state index contributed by atoms with van der Waals surface area (Å²) in [6, 6.07) is 7.69. The Kier molecular flexibility index (Phi) is 2.91. The van der Waals surface area contributed by atoms with Crippen molar-refractivity contribution in [3.05, 3.63) is 29.8 Å². The fourth-order valence-corrected chi connectivity index (χ4v) is 2.26. The zero-order valence-corrected chi connectivity index (χ0v) is 8.90. The number of hydrogen-bond acceptors (Lipinski definition) is 1. The molecule has 68 valence electrons. The minimum absolute atomic E-state index is 0.218. The summed E-state index contributed by atoms with van der Waals surface area (Å²) in [5.41, 5.74) is 1.17. The Morgan fingerprint density at radius 3 is 2.25 bits per heavy atom. The maximum atomic E-state index is 11.8. The van der Waals surface area contributed by atoms with Crippen molar-refractivity contribution in [1.82, 2.24) is 0 Å². The second kappa shape index (κ2) is 3.58. The molecule has 12 heavy (non-hydrogen) atoms. The van der Waals surface area contributed by atoms with Crippen molar-refractivity contribution in [2.45, 2.75) is 11.8 Å². The molecule has 0 saturated heterocycles. The van der Waals surface area contributed by atoms with Crippen LogP contribution in [-0.2, 0) is 9.93 Å². The largest absolute Gasteiger partial charge is 0.279 e. The van der Waals surface area contributed by atoms with Crippen LogP contribution in [0.25, 0.3) is 0 Å². The lowest BCUT2D eigenvalue weighted by Crippen LogP contribution is -2.10. The second-order valence-electron chi connectivity index (χ2n) is 3.06. The van der Waals surface area contributed by atoms with Gasteiger partial charge in [0.05, 0.1) is 5.21 Å². The summed E-state index contributed by atoms with van der Waals surface area (Å²) >= 11 is 5.60. The minimum atomic E-state index is -2.28. The van der Waals surface area contributed by atoms with E-state index in [1.54, 1.807) is 6.26 Å². The monoisotopic (exact) mass is 204 g/mol. The Labute approximate surface area is 79.2 Å². The smallest absolute Gasteiger partial charge is 0.0795 e. The maximum Gasteiger partial charge on any atom is 0.0795 e. The van der Waals surface area contributed by atoms with Crippen molar-refractivity contribution in [3.63, 3.8) is 0 Å². The molecule has 0 fully saturated rings. The predicted molar refractivity (Wildman–Crippen MR) is 55.6 cm³/mol. The van der Waals surface area contributed by atoms with Gasteiger partial charge in [-0.3, -0.25) is 4.21 Å². The quantitative estimate of drug-likeness (QED) is 0.578. The van der Waals surface area contributed by atoms with Gasteiger partial charge in [-0.25, -0.2) is 0 Å². The molecule has 0 aliphatic carbocycles. The molecule has 0 aromatic heterocycles. The molecule has 1 aromatic rings. The third-order valence-corrected chi connectivity index (χ3v) is 5.02. The lowest BCUT2D eigenvalue weighted by molar-refractivity contribution is 0.677. The van der Waals surface area contributed by atoms with Gasteiger partial charge in [-0.2, -0.15) is 0 Å². The van der Waals surface area contributed by atoms with Crippen LogP contribution in [0.1, 0.15) is 5.56 Å². The molecule has 0 aliphatic heterocycles. The lowest BCUT2D eigenvalue weighted by Gasteiger charge is -2.14. The molecule has 0 unspecified atom stereocenters. The summed E-state index contributed by atoms with van der Waals surface area (Å²) in [7, 11) is -2.28. The Morgan fingerprint density at radius 1 is 1.33 bits per heavy atom. The van der Waals surface area contributed by atoms with Crippen LogP contribution in [0.5, 0.6) is 0 Å². The summed E-state index contributed by atoms with van der Waals surface area (Å²) in [5.74, 6) is 0. The zero-order chi connectivity index (χ0) is 9.19. The molecule has 0 bridgehead atoms. The van der Waals surface area contributed by atoms with Crippen LogP contribution in [0, 0.1) is 6.92 Å². The van der Waals surface area contributed by atoms with Crippen LogP contribution in [0.3, 0.4) is 0 Å². The Morgan fingerprint density at radius 2 is 1.83 bits per heavy atom. The van der Waals surface area contributed by atoms with Gasteiger partial charge >= 0.3 is 0 Å². The average molecular weight is 205 g/mol. The third-order valence-electron chi connectivity index (χ3n) is 1.81. The summed E-state index contributed by atoms with van der Waals surface area (Å²) in [4.78, 5) is 0.864. The van der Waals surface area contributed by atoms with Crippen molar-refractivity contribution in [1.29, 1.82) is 0 Å². The number of benzene rings is 1. The summed E-state index contributed by atoms with van der Waals surface area (Å²) in [5, 5.41) is 0.218. The van der Waals surface area contributed by atoms with Crippen molar-refractivity contribution in [2.24, 2.45) is 0 Å². The summed E-state index contributed by atoms with van der Waals surface area (Å²) in [6.45, 7) is 2.01. The molecule has 0 atom stereocenters. The highest BCUT2D eigenvalue weighted by atomic mass is 35.5. The van der Waals surface area contributed by atoms with Gasteiger partial charge < -0.3 is 0 Å². The minimum Gasteiger partial charge on any atom is -0.279 e. The molecular formula is C9H13ClOS. The molecule has 3 heteroatoms. The molecule has 0 spiro atoms. The van der Waals surface area contributed by atoms with Gasteiger partial charge in [0, 0.05) is 4.90 Å². The molecule has 1 aromatic carbocycles. The first-order valence-electron chi connectivity index (χ1n) is 3.76. The van der Waals surface area contributed by atoms with Gasteiger partial charge in [0.25, 0.3) is 0 Å². The first-order valence-corrected chi connectivity index (χ1v) is 6.63. The van der Waals surface area contributed by atoms with Crippen LogP contribution < -0.4 is 0 Å². The molecular weight excluding hydrogens is 192 g/mol. The van der Waals surface area contributed by atoms with Crippen molar-refractivity contribution >= 4 is 21.5 Å². The van der Waals surface area contributed by atoms with Crippen molar-refractivity contribution in [2.75, 3.05) is 11.5 Å². The number of aryl methyl sites for hydroxylation is 1. The van der Waals surface area contributed by atoms with Gasteiger partial charge in [0.2, 0.25) is 0 Å². The Hall–Kier alpha value is -0.340. The Balaban J connectivity index is 3.05. The maximum absolute atomic E-state index is 11.8. The molecule has 0 radical (unpaired) electrons. The van der Waals surface area contributed by atoms with Gasteiger partial charge in [0.1, 0.15) is 0 Å². The number of hydrogen-bond donors (Lipinski definition) is 1. The topological polar surface area (TPSA) is 17.1 Å². The molecule has 1 rings (SSSR count). The molecule has 0 N–H and O–H groups in total. The van der Waals surface area contributed by atoms with E-state index in [4.69, 9.17) is 11.6 Å². The second-order valence-corrected chi connectivity index (χ2v) is 6.73. The molecule has 0 amide bonds.